The first-order chi connectivity index (χ1) is 10.9. The third kappa shape index (κ3) is 1.27. The topological polar surface area (TPSA) is 17.4 Å². The highest BCUT2D eigenvalue weighted by Crippen LogP contribution is 2.61. The van der Waals surface area contributed by atoms with E-state index in [9.17, 15) is 0 Å². The highest BCUT2D eigenvalue weighted by Gasteiger charge is 2.55. The predicted octanol–water partition coefficient (Wildman–Crippen LogP) is 3.64. The first-order valence-electron chi connectivity index (χ1n) is 8.85. The second kappa shape index (κ2) is 3.95. The normalized spacial score (nSPS) is 36.4. The number of hydrogen-bond acceptors (Lipinski definition) is 2. The molecule has 2 aromatic rings. The quantitative estimate of drug-likeness (QED) is 0.738. The molecule has 0 unspecified atom stereocenters. The van der Waals surface area contributed by atoms with Crippen LogP contribution in [-0.4, -0.2) is 29.2 Å². The minimum Gasteiger partial charge on any atom is -0.358 e. The van der Waals surface area contributed by atoms with Gasteiger partial charge in [-0.05, 0) is 49.3 Å². The van der Waals surface area contributed by atoms with E-state index < -0.39 is 0 Å². The molecule has 0 amide bonds. The molecule has 1 aromatic heterocycles. The first-order valence-corrected chi connectivity index (χ1v) is 8.85. The standard InChI is InChI=1S/C19H22N2O/c1-2-5-15-13(4-1)14-6-10-20-9-3-7-19-8-11-22-16(12-19)21(15)17(14)18(19)20/h1-2,4-5,16,18H,3,6-12H2/t16-,18+,19+/m1/s1. The highest BCUT2D eigenvalue weighted by molar-refractivity contribution is 5.86. The lowest BCUT2D eigenvalue weighted by Gasteiger charge is -2.58. The third-order valence-electron chi connectivity index (χ3n) is 6.81. The number of hydrogen-bond donors (Lipinski definition) is 0. The van der Waals surface area contributed by atoms with Crippen molar-refractivity contribution >= 4 is 10.9 Å². The molecule has 1 aromatic carbocycles. The van der Waals surface area contributed by atoms with E-state index >= 15 is 0 Å². The van der Waals surface area contributed by atoms with Crippen molar-refractivity contribution < 1.29 is 4.74 Å². The molecule has 0 aliphatic carbocycles. The number of benzene rings is 1. The Kier molecular flexibility index (Phi) is 2.18. The van der Waals surface area contributed by atoms with Crippen molar-refractivity contribution in [3.05, 3.63) is 35.5 Å². The van der Waals surface area contributed by atoms with Gasteiger partial charge >= 0.3 is 0 Å². The van der Waals surface area contributed by atoms with E-state index in [0.717, 1.165) is 6.61 Å². The maximum atomic E-state index is 6.24. The molecule has 2 bridgehead atoms. The highest BCUT2D eigenvalue weighted by atomic mass is 16.5. The number of piperidine rings is 1. The summed E-state index contributed by atoms with van der Waals surface area (Å²) in [6.07, 6.45) is 6.73. The van der Waals surface area contributed by atoms with E-state index in [1.54, 1.807) is 11.3 Å². The molecule has 1 spiro atoms. The molecule has 0 radical (unpaired) electrons. The van der Waals surface area contributed by atoms with Gasteiger partial charge in [0, 0.05) is 30.7 Å². The van der Waals surface area contributed by atoms with Crippen molar-refractivity contribution in [2.24, 2.45) is 5.41 Å². The molecular weight excluding hydrogens is 272 g/mol. The average molecular weight is 294 g/mol. The molecule has 0 N–H and O–H groups in total. The summed E-state index contributed by atoms with van der Waals surface area (Å²) >= 11 is 0. The van der Waals surface area contributed by atoms with Crippen LogP contribution in [0.2, 0.25) is 0 Å². The van der Waals surface area contributed by atoms with E-state index in [-0.39, 0.29) is 6.23 Å². The fraction of sp³-hybridized carbons (Fsp3) is 0.579. The summed E-state index contributed by atoms with van der Waals surface area (Å²) in [5.41, 5.74) is 5.13. The van der Waals surface area contributed by atoms with Crippen LogP contribution in [0.3, 0.4) is 0 Å². The molecule has 0 saturated carbocycles. The first kappa shape index (κ1) is 12.1. The van der Waals surface area contributed by atoms with Gasteiger partial charge in [0.2, 0.25) is 0 Å². The zero-order valence-corrected chi connectivity index (χ0v) is 12.9. The molecule has 2 fully saturated rings. The van der Waals surface area contributed by atoms with Gasteiger partial charge in [0.25, 0.3) is 0 Å². The van der Waals surface area contributed by atoms with Gasteiger partial charge in [-0.3, -0.25) is 4.90 Å². The number of para-hydroxylation sites is 1. The lowest BCUT2D eigenvalue weighted by Crippen LogP contribution is -2.55. The largest absolute Gasteiger partial charge is 0.358 e. The van der Waals surface area contributed by atoms with E-state index in [4.69, 9.17) is 4.74 Å². The molecule has 2 saturated heterocycles. The van der Waals surface area contributed by atoms with Crippen LogP contribution in [0.4, 0.5) is 0 Å². The van der Waals surface area contributed by atoms with E-state index in [0.29, 0.717) is 11.5 Å². The molecule has 4 aliphatic heterocycles. The summed E-state index contributed by atoms with van der Waals surface area (Å²) in [7, 11) is 0. The van der Waals surface area contributed by atoms with Crippen molar-refractivity contribution in [2.45, 2.75) is 44.4 Å². The second-order valence-corrected chi connectivity index (χ2v) is 7.68. The second-order valence-electron chi connectivity index (χ2n) is 7.68. The monoisotopic (exact) mass is 294 g/mol. The number of aromatic nitrogens is 1. The Morgan fingerprint density at radius 1 is 1.14 bits per heavy atom. The zero-order chi connectivity index (χ0) is 14.3. The van der Waals surface area contributed by atoms with E-state index in [2.05, 4.69) is 33.7 Å². The van der Waals surface area contributed by atoms with Gasteiger partial charge in [-0.25, -0.2) is 0 Å². The van der Waals surface area contributed by atoms with Crippen LogP contribution >= 0.6 is 0 Å². The molecule has 5 heterocycles. The fourth-order valence-corrected chi connectivity index (χ4v) is 6.02. The smallest absolute Gasteiger partial charge is 0.134 e. The van der Waals surface area contributed by atoms with Gasteiger partial charge in [0.15, 0.2) is 0 Å². The summed E-state index contributed by atoms with van der Waals surface area (Å²) in [6, 6.07) is 9.65. The van der Waals surface area contributed by atoms with Crippen LogP contribution in [0.25, 0.3) is 10.9 Å². The molecule has 4 aliphatic rings. The summed E-state index contributed by atoms with van der Waals surface area (Å²) in [5.74, 6) is 0. The Hall–Kier alpha value is -1.32. The maximum absolute atomic E-state index is 6.24. The SMILES string of the molecule is c1ccc2c(c1)c1c3n2[C@H]2C[C@]4(CCCN(CC1)[C@@H]34)CCO2. The maximum Gasteiger partial charge on any atom is 0.134 e. The molecule has 6 rings (SSSR count). The summed E-state index contributed by atoms with van der Waals surface area (Å²) < 4.78 is 8.82. The van der Waals surface area contributed by atoms with E-state index in [1.807, 2.05) is 0 Å². The molecule has 3 nitrogen and oxygen atoms in total. The Balaban J connectivity index is 1.73. The summed E-state index contributed by atoms with van der Waals surface area (Å²) in [5, 5.41) is 1.48. The number of rotatable bonds is 0. The minimum atomic E-state index is 0.275. The van der Waals surface area contributed by atoms with Crippen LogP contribution in [0, 0.1) is 5.41 Å². The Morgan fingerprint density at radius 2 is 2.09 bits per heavy atom. The van der Waals surface area contributed by atoms with Crippen LogP contribution in [-0.2, 0) is 11.2 Å². The van der Waals surface area contributed by atoms with Crippen LogP contribution in [0.15, 0.2) is 24.3 Å². The average Bonchev–Trinajstić information content (AvgIpc) is 2.89. The third-order valence-corrected chi connectivity index (χ3v) is 6.81. The van der Waals surface area contributed by atoms with Crippen molar-refractivity contribution in [3.8, 4) is 0 Å². The Bertz CT molecular complexity index is 775. The predicted molar refractivity (Wildman–Crippen MR) is 85.8 cm³/mol. The van der Waals surface area contributed by atoms with Gasteiger partial charge in [-0.15, -0.1) is 0 Å². The molecule has 114 valence electrons. The van der Waals surface area contributed by atoms with Gasteiger partial charge in [0.1, 0.15) is 6.23 Å². The molecule has 22 heavy (non-hydrogen) atoms. The van der Waals surface area contributed by atoms with Gasteiger partial charge in [-0.1, -0.05) is 18.2 Å². The fourth-order valence-electron chi connectivity index (χ4n) is 6.02. The zero-order valence-electron chi connectivity index (χ0n) is 12.9. The minimum absolute atomic E-state index is 0.275. The van der Waals surface area contributed by atoms with Crippen molar-refractivity contribution in [2.75, 3.05) is 19.7 Å². The summed E-state index contributed by atoms with van der Waals surface area (Å²) in [6.45, 7) is 3.48. The molecular formula is C19H22N2O. The van der Waals surface area contributed by atoms with Crippen LogP contribution < -0.4 is 0 Å². The molecule has 3 heteroatoms. The van der Waals surface area contributed by atoms with Crippen molar-refractivity contribution in [3.63, 3.8) is 0 Å². The van der Waals surface area contributed by atoms with Crippen LogP contribution in [0.5, 0.6) is 0 Å². The van der Waals surface area contributed by atoms with Gasteiger partial charge in [0.05, 0.1) is 11.6 Å². The lowest BCUT2D eigenvalue weighted by molar-refractivity contribution is -0.156. The lowest BCUT2D eigenvalue weighted by atomic mass is 9.63. The van der Waals surface area contributed by atoms with E-state index in [1.165, 1.54) is 56.1 Å². The summed E-state index contributed by atoms with van der Waals surface area (Å²) in [4.78, 5) is 2.79. The Morgan fingerprint density at radius 3 is 3.09 bits per heavy atom. The van der Waals surface area contributed by atoms with Crippen molar-refractivity contribution in [1.82, 2.24) is 9.47 Å². The Labute approximate surface area is 130 Å². The van der Waals surface area contributed by atoms with Crippen LogP contribution in [0.1, 0.15) is 49.2 Å². The van der Waals surface area contributed by atoms with Gasteiger partial charge in [-0.2, -0.15) is 0 Å². The number of ether oxygens (including phenoxy) is 1. The number of nitrogens with zero attached hydrogens (tertiary/aromatic N) is 2. The van der Waals surface area contributed by atoms with Crippen molar-refractivity contribution in [1.29, 1.82) is 0 Å². The number of fused-ring (bicyclic) bond motifs is 5. The van der Waals surface area contributed by atoms with Gasteiger partial charge < -0.3 is 9.30 Å². The molecule has 3 atom stereocenters.